The van der Waals surface area contributed by atoms with Crippen LogP contribution in [-0.4, -0.2) is 30.1 Å². The fraction of sp³-hybridized carbons (Fsp3) is 0.150. The van der Waals surface area contributed by atoms with Gasteiger partial charge < -0.3 is 20.7 Å². The number of hydrogen-bond acceptors (Lipinski definition) is 7. The van der Waals surface area contributed by atoms with Crippen molar-refractivity contribution >= 4 is 46.3 Å². The van der Waals surface area contributed by atoms with E-state index in [1.807, 2.05) is 0 Å². The largest absolute Gasteiger partial charge is 0.465 e. The van der Waals surface area contributed by atoms with Crippen LogP contribution < -0.4 is 16.0 Å². The number of nitrogens with two attached hydrogens (primary N) is 1. The van der Waals surface area contributed by atoms with Crippen LogP contribution in [0.5, 0.6) is 0 Å². The molecule has 7 nitrogen and oxygen atoms in total. The summed E-state index contributed by atoms with van der Waals surface area (Å²) in [7, 11) is 2.90. The van der Waals surface area contributed by atoms with Gasteiger partial charge in [-0.3, -0.25) is 0 Å². The number of ether oxygens (including phenoxy) is 1. The van der Waals surface area contributed by atoms with Crippen LogP contribution in [0.3, 0.4) is 0 Å². The molecule has 0 atom stereocenters. The number of benzene rings is 2. The lowest BCUT2D eigenvalue weighted by Crippen LogP contribution is -2.18. The van der Waals surface area contributed by atoms with Crippen LogP contribution in [0.4, 0.5) is 41.9 Å². The number of carbonyl (C=O) groups is 1. The number of nitrogens with zero attached hydrogens (tertiary/aromatic N) is 3. The van der Waals surface area contributed by atoms with Crippen LogP contribution in [0, 0.1) is 0 Å². The molecule has 0 bridgehead atoms. The van der Waals surface area contributed by atoms with Crippen LogP contribution in [0.1, 0.15) is 15.9 Å². The third-order valence-electron chi connectivity index (χ3n) is 4.39. The SMILES string of the molecule is COC(=O)c1ccccc1N(C)c1ncnc(Nc2ccc(Cl)c(C(F)(F)F)c2)c1N. The molecule has 0 aliphatic rings. The Balaban J connectivity index is 1.98. The number of halogens is 4. The van der Waals surface area contributed by atoms with Crippen LogP contribution in [0.2, 0.25) is 5.02 Å². The molecule has 31 heavy (non-hydrogen) atoms. The van der Waals surface area contributed by atoms with Crippen molar-refractivity contribution in [3.63, 3.8) is 0 Å². The lowest BCUT2D eigenvalue weighted by atomic mass is 10.1. The van der Waals surface area contributed by atoms with Crippen LogP contribution in [-0.2, 0) is 10.9 Å². The third kappa shape index (κ3) is 4.64. The molecular formula is C20H17ClF3N5O2. The number of alkyl halides is 3. The highest BCUT2D eigenvalue weighted by Crippen LogP contribution is 2.38. The summed E-state index contributed by atoms with van der Waals surface area (Å²) >= 11 is 5.66. The average molecular weight is 452 g/mol. The molecule has 0 saturated carbocycles. The number of nitrogens with one attached hydrogen (secondary N) is 1. The molecule has 0 amide bonds. The van der Waals surface area contributed by atoms with Crippen molar-refractivity contribution in [2.24, 2.45) is 0 Å². The minimum absolute atomic E-state index is 0.0631. The predicted octanol–water partition coefficient (Wildman–Crippen LogP) is 5.03. The summed E-state index contributed by atoms with van der Waals surface area (Å²) in [5, 5.41) is 2.33. The molecule has 0 radical (unpaired) electrons. The highest BCUT2D eigenvalue weighted by atomic mass is 35.5. The standard InChI is InChI=1S/C20H17ClF3N5O2/c1-29(15-6-4-3-5-12(15)19(30)31-2)18-16(25)17(26-10-27-18)28-11-7-8-14(21)13(9-11)20(22,23)24/h3-10H,25H2,1-2H3,(H,26,27,28). The number of esters is 1. The maximum atomic E-state index is 13.1. The van der Waals surface area contributed by atoms with Crippen molar-refractivity contribution in [2.45, 2.75) is 6.18 Å². The summed E-state index contributed by atoms with van der Waals surface area (Å²) in [6.07, 6.45) is -3.42. The number of para-hydroxylation sites is 1. The highest BCUT2D eigenvalue weighted by molar-refractivity contribution is 6.31. The van der Waals surface area contributed by atoms with Crippen molar-refractivity contribution < 1.29 is 22.7 Å². The quantitative estimate of drug-likeness (QED) is 0.525. The Kier molecular flexibility index (Phi) is 6.21. The summed E-state index contributed by atoms with van der Waals surface area (Å²) in [6, 6.07) is 10.0. The van der Waals surface area contributed by atoms with Gasteiger partial charge in [0.1, 0.15) is 12.0 Å². The van der Waals surface area contributed by atoms with Gasteiger partial charge in [-0.2, -0.15) is 13.2 Å². The molecule has 0 spiro atoms. The van der Waals surface area contributed by atoms with Gasteiger partial charge in [-0.15, -0.1) is 0 Å². The molecular weight excluding hydrogens is 435 g/mol. The van der Waals surface area contributed by atoms with Crippen molar-refractivity contribution in [3.8, 4) is 0 Å². The average Bonchev–Trinajstić information content (AvgIpc) is 2.74. The van der Waals surface area contributed by atoms with Gasteiger partial charge in [-0.05, 0) is 30.3 Å². The molecule has 3 N–H and O–H groups in total. The summed E-state index contributed by atoms with van der Waals surface area (Å²) in [4.78, 5) is 21.8. The van der Waals surface area contributed by atoms with E-state index in [2.05, 4.69) is 15.3 Å². The summed E-state index contributed by atoms with van der Waals surface area (Å²) in [6.45, 7) is 0. The topological polar surface area (TPSA) is 93.4 Å². The lowest BCUT2D eigenvalue weighted by molar-refractivity contribution is -0.137. The Labute approximate surface area is 180 Å². The Morgan fingerprint density at radius 1 is 1.19 bits per heavy atom. The second-order valence-electron chi connectivity index (χ2n) is 6.34. The molecule has 2 aromatic carbocycles. The number of carbonyl (C=O) groups excluding carboxylic acids is 1. The van der Waals surface area contributed by atoms with E-state index in [9.17, 15) is 18.0 Å². The van der Waals surface area contributed by atoms with E-state index < -0.39 is 22.7 Å². The number of hydrogen-bond donors (Lipinski definition) is 2. The van der Waals surface area contributed by atoms with Crippen molar-refractivity contribution in [3.05, 3.63) is 64.9 Å². The minimum atomic E-state index is -4.62. The first-order valence-electron chi connectivity index (χ1n) is 8.78. The number of nitrogen functional groups attached to an aromatic ring is 1. The van der Waals surface area contributed by atoms with Gasteiger partial charge in [-0.1, -0.05) is 23.7 Å². The third-order valence-corrected chi connectivity index (χ3v) is 4.72. The molecule has 11 heteroatoms. The molecule has 0 unspecified atom stereocenters. The Morgan fingerprint density at radius 2 is 1.90 bits per heavy atom. The van der Waals surface area contributed by atoms with Gasteiger partial charge in [0.25, 0.3) is 0 Å². The molecule has 0 aliphatic heterocycles. The normalized spacial score (nSPS) is 11.2. The summed E-state index contributed by atoms with van der Waals surface area (Å²) in [5.74, 6) is -0.226. The zero-order valence-electron chi connectivity index (χ0n) is 16.4. The maximum absolute atomic E-state index is 13.1. The first-order valence-corrected chi connectivity index (χ1v) is 9.16. The second-order valence-corrected chi connectivity index (χ2v) is 6.75. The van der Waals surface area contributed by atoms with E-state index in [1.54, 1.807) is 36.2 Å². The van der Waals surface area contributed by atoms with Crippen molar-refractivity contribution in [2.75, 3.05) is 30.1 Å². The zero-order chi connectivity index (χ0) is 22.8. The van der Waals surface area contributed by atoms with Crippen LogP contribution in [0.25, 0.3) is 0 Å². The number of rotatable bonds is 5. The van der Waals surface area contributed by atoms with Crippen LogP contribution >= 0.6 is 11.6 Å². The monoisotopic (exact) mass is 451 g/mol. The molecule has 1 heterocycles. The van der Waals surface area contributed by atoms with E-state index in [-0.39, 0.29) is 28.6 Å². The minimum Gasteiger partial charge on any atom is -0.465 e. The van der Waals surface area contributed by atoms with Crippen LogP contribution in [0.15, 0.2) is 48.8 Å². The lowest BCUT2D eigenvalue weighted by Gasteiger charge is -2.23. The fourth-order valence-corrected chi connectivity index (χ4v) is 3.10. The number of methoxy groups -OCH3 is 1. The second kappa shape index (κ2) is 8.68. The van der Waals surface area contributed by atoms with Crippen molar-refractivity contribution in [1.29, 1.82) is 0 Å². The van der Waals surface area contributed by atoms with E-state index in [0.717, 1.165) is 12.1 Å². The van der Waals surface area contributed by atoms with Gasteiger partial charge >= 0.3 is 12.1 Å². The molecule has 0 aliphatic carbocycles. The van der Waals surface area contributed by atoms with E-state index in [1.165, 1.54) is 19.5 Å². The van der Waals surface area contributed by atoms with Gasteiger partial charge in [0.05, 0.1) is 28.9 Å². The summed E-state index contributed by atoms with van der Waals surface area (Å²) < 4.78 is 44.2. The maximum Gasteiger partial charge on any atom is 0.417 e. The fourth-order valence-electron chi connectivity index (χ4n) is 2.87. The Bertz CT molecular complexity index is 1120. The molecule has 1 aromatic heterocycles. The Hall–Kier alpha value is -3.53. The van der Waals surface area contributed by atoms with E-state index >= 15 is 0 Å². The van der Waals surface area contributed by atoms with E-state index in [0.29, 0.717) is 5.69 Å². The first kappa shape index (κ1) is 22.2. The molecule has 3 rings (SSSR count). The smallest absolute Gasteiger partial charge is 0.417 e. The van der Waals surface area contributed by atoms with Crippen molar-refractivity contribution in [1.82, 2.24) is 9.97 Å². The molecule has 0 fully saturated rings. The molecule has 0 saturated heterocycles. The Morgan fingerprint density at radius 3 is 2.58 bits per heavy atom. The number of aromatic nitrogens is 2. The zero-order valence-corrected chi connectivity index (χ0v) is 17.1. The van der Waals surface area contributed by atoms with Gasteiger partial charge in [-0.25, -0.2) is 14.8 Å². The highest BCUT2D eigenvalue weighted by Gasteiger charge is 2.33. The predicted molar refractivity (Wildman–Crippen MR) is 112 cm³/mol. The molecule has 3 aromatic rings. The summed E-state index contributed by atoms with van der Waals surface area (Å²) in [5.41, 5.74) is 6.10. The first-order chi connectivity index (χ1) is 14.6. The van der Waals surface area contributed by atoms with Gasteiger partial charge in [0.15, 0.2) is 11.6 Å². The number of anilines is 5. The molecule has 162 valence electrons. The van der Waals surface area contributed by atoms with Gasteiger partial charge in [0.2, 0.25) is 0 Å². The van der Waals surface area contributed by atoms with E-state index in [4.69, 9.17) is 22.1 Å². The van der Waals surface area contributed by atoms with Gasteiger partial charge in [0, 0.05) is 12.7 Å².